The van der Waals surface area contributed by atoms with Crippen molar-refractivity contribution in [3.05, 3.63) is 69.2 Å². The molecule has 1 N–H and O–H groups in total. The first-order valence-electron chi connectivity index (χ1n) is 9.07. The van der Waals surface area contributed by atoms with Crippen LogP contribution in [0, 0.1) is 13.8 Å². The SMILES string of the molecule is Cc1cccc(C)c1NC(=O)CN(C)C(=O)COC(=O)/C=C/c1ccc(Cl)c(Cl)c1. The van der Waals surface area contributed by atoms with Crippen molar-refractivity contribution in [2.75, 3.05) is 25.5 Å². The predicted molar refractivity (Wildman–Crippen MR) is 119 cm³/mol. The Morgan fingerprint density at radius 1 is 1.07 bits per heavy atom. The maximum atomic E-state index is 12.2. The van der Waals surface area contributed by atoms with E-state index in [0.29, 0.717) is 15.6 Å². The zero-order chi connectivity index (χ0) is 22.3. The number of rotatable bonds is 7. The van der Waals surface area contributed by atoms with Crippen LogP contribution in [-0.4, -0.2) is 42.9 Å². The molecule has 2 amide bonds. The highest BCUT2D eigenvalue weighted by atomic mass is 35.5. The lowest BCUT2D eigenvalue weighted by molar-refractivity contribution is -0.148. The average molecular weight is 449 g/mol. The van der Waals surface area contributed by atoms with E-state index in [2.05, 4.69) is 5.32 Å². The Hall–Kier alpha value is -2.83. The number of ether oxygens (including phenoxy) is 1. The van der Waals surface area contributed by atoms with Crippen LogP contribution < -0.4 is 5.32 Å². The summed E-state index contributed by atoms with van der Waals surface area (Å²) in [5.41, 5.74) is 3.25. The average Bonchev–Trinajstić information content (AvgIpc) is 2.69. The first kappa shape index (κ1) is 23.4. The molecule has 0 aliphatic heterocycles. The second-order valence-electron chi connectivity index (χ2n) is 6.68. The minimum atomic E-state index is -0.692. The summed E-state index contributed by atoms with van der Waals surface area (Å²) in [6.45, 7) is 3.14. The number of para-hydroxylation sites is 1. The van der Waals surface area contributed by atoms with E-state index in [1.807, 2.05) is 32.0 Å². The summed E-state index contributed by atoms with van der Waals surface area (Å²) in [5, 5.41) is 3.58. The molecule has 0 aromatic heterocycles. The van der Waals surface area contributed by atoms with Crippen LogP contribution in [0.1, 0.15) is 16.7 Å². The molecule has 0 aliphatic carbocycles. The molecule has 0 atom stereocenters. The number of hydrogen-bond donors (Lipinski definition) is 1. The molecule has 2 aromatic carbocycles. The van der Waals surface area contributed by atoms with E-state index in [9.17, 15) is 14.4 Å². The van der Waals surface area contributed by atoms with Gasteiger partial charge in [0.2, 0.25) is 5.91 Å². The molecule has 0 saturated heterocycles. The third kappa shape index (κ3) is 6.90. The van der Waals surface area contributed by atoms with Gasteiger partial charge in [0.05, 0.1) is 16.6 Å². The Kier molecular flexibility index (Phi) is 8.45. The Bertz CT molecular complexity index is 969. The lowest BCUT2D eigenvalue weighted by atomic mass is 10.1. The van der Waals surface area contributed by atoms with Gasteiger partial charge < -0.3 is 15.0 Å². The second kappa shape index (κ2) is 10.8. The molecule has 0 bridgehead atoms. The van der Waals surface area contributed by atoms with Crippen LogP contribution in [0.15, 0.2) is 42.5 Å². The quantitative estimate of drug-likeness (QED) is 0.506. The van der Waals surface area contributed by atoms with Crippen molar-refractivity contribution in [1.82, 2.24) is 4.90 Å². The highest BCUT2D eigenvalue weighted by Gasteiger charge is 2.15. The molecule has 0 saturated carbocycles. The highest BCUT2D eigenvalue weighted by Crippen LogP contribution is 2.23. The molecule has 0 radical (unpaired) electrons. The smallest absolute Gasteiger partial charge is 0.331 e. The number of nitrogens with zero attached hydrogens (tertiary/aromatic N) is 1. The zero-order valence-electron chi connectivity index (χ0n) is 16.9. The Morgan fingerprint density at radius 3 is 2.37 bits per heavy atom. The number of anilines is 1. The fourth-order valence-corrected chi connectivity index (χ4v) is 2.87. The number of esters is 1. The molecule has 0 unspecified atom stereocenters. The van der Waals surface area contributed by atoms with Crippen LogP contribution in [0.2, 0.25) is 10.0 Å². The topological polar surface area (TPSA) is 75.7 Å². The van der Waals surface area contributed by atoms with Gasteiger partial charge in [-0.25, -0.2) is 4.79 Å². The number of carbonyl (C=O) groups excluding carboxylic acids is 3. The van der Waals surface area contributed by atoms with Gasteiger partial charge in [0, 0.05) is 18.8 Å². The number of nitrogens with one attached hydrogen (secondary N) is 1. The number of benzene rings is 2. The van der Waals surface area contributed by atoms with Crippen LogP contribution in [0.3, 0.4) is 0 Å². The van der Waals surface area contributed by atoms with Crippen molar-refractivity contribution in [3.63, 3.8) is 0 Å². The number of halogens is 2. The molecule has 6 nitrogen and oxygen atoms in total. The molecular formula is C22H22Cl2N2O4. The van der Waals surface area contributed by atoms with Gasteiger partial charge in [0.1, 0.15) is 0 Å². The molecule has 158 valence electrons. The minimum absolute atomic E-state index is 0.163. The summed E-state index contributed by atoms with van der Waals surface area (Å²) in [5.74, 6) is -1.53. The Morgan fingerprint density at radius 2 is 1.73 bits per heavy atom. The predicted octanol–water partition coefficient (Wildman–Crippen LogP) is 4.26. The van der Waals surface area contributed by atoms with Gasteiger partial charge in [0.15, 0.2) is 6.61 Å². The van der Waals surface area contributed by atoms with E-state index in [1.54, 1.807) is 18.2 Å². The number of likely N-dealkylation sites (N-methyl/N-ethyl adjacent to an activating group) is 1. The molecule has 8 heteroatoms. The lowest BCUT2D eigenvalue weighted by Gasteiger charge is -2.18. The molecule has 30 heavy (non-hydrogen) atoms. The van der Waals surface area contributed by atoms with Crippen molar-refractivity contribution < 1.29 is 19.1 Å². The van der Waals surface area contributed by atoms with E-state index in [1.165, 1.54) is 24.1 Å². The maximum Gasteiger partial charge on any atom is 0.331 e. The summed E-state index contributed by atoms with van der Waals surface area (Å²) in [6.07, 6.45) is 2.68. The van der Waals surface area contributed by atoms with Crippen LogP contribution in [-0.2, 0) is 19.1 Å². The molecule has 2 rings (SSSR count). The van der Waals surface area contributed by atoms with Gasteiger partial charge in [-0.3, -0.25) is 9.59 Å². The van der Waals surface area contributed by atoms with Gasteiger partial charge in [0.25, 0.3) is 5.91 Å². The number of aryl methyl sites for hydroxylation is 2. The molecular weight excluding hydrogens is 427 g/mol. The van der Waals surface area contributed by atoms with E-state index < -0.39 is 18.5 Å². The van der Waals surface area contributed by atoms with Crippen molar-refractivity contribution in [2.45, 2.75) is 13.8 Å². The highest BCUT2D eigenvalue weighted by molar-refractivity contribution is 6.42. The standard InChI is InChI=1S/C22H22Cl2N2O4/c1-14-5-4-6-15(2)22(14)25-19(27)12-26(3)20(28)13-30-21(29)10-8-16-7-9-17(23)18(24)11-16/h4-11H,12-13H2,1-3H3,(H,25,27)/b10-8+. The summed E-state index contributed by atoms with van der Waals surface area (Å²) < 4.78 is 4.93. The summed E-state index contributed by atoms with van der Waals surface area (Å²) in [4.78, 5) is 37.4. The molecule has 2 aromatic rings. The summed E-state index contributed by atoms with van der Waals surface area (Å²) in [6, 6.07) is 10.6. The Labute approximate surface area is 185 Å². The third-order valence-corrected chi connectivity index (χ3v) is 4.98. The molecule has 0 heterocycles. The summed E-state index contributed by atoms with van der Waals surface area (Å²) >= 11 is 11.7. The number of carbonyl (C=O) groups is 3. The fourth-order valence-electron chi connectivity index (χ4n) is 2.57. The van der Waals surface area contributed by atoms with E-state index >= 15 is 0 Å². The van der Waals surface area contributed by atoms with Gasteiger partial charge in [-0.05, 0) is 48.7 Å². The van der Waals surface area contributed by atoms with Gasteiger partial charge in [-0.1, -0.05) is 47.5 Å². The van der Waals surface area contributed by atoms with E-state index in [-0.39, 0.29) is 12.5 Å². The molecule has 0 spiro atoms. The first-order valence-corrected chi connectivity index (χ1v) is 9.83. The number of hydrogen-bond acceptors (Lipinski definition) is 4. The lowest BCUT2D eigenvalue weighted by Crippen LogP contribution is -2.37. The van der Waals surface area contributed by atoms with E-state index in [4.69, 9.17) is 27.9 Å². The monoisotopic (exact) mass is 448 g/mol. The van der Waals surface area contributed by atoms with Crippen molar-refractivity contribution in [1.29, 1.82) is 0 Å². The minimum Gasteiger partial charge on any atom is -0.452 e. The largest absolute Gasteiger partial charge is 0.452 e. The third-order valence-electron chi connectivity index (χ3n) is 4.25. The normalized spacial score (nSPS) is 10.7. The summed E-state index contributed by atoms with van der Waals surface area (Å²) in [7, 11) is 1.46. The van der Waals surface area contributed by atoms with Crippen molar-refractivity contribution >= 4 is 52.7 Å². The van der Waals surface area contributed by atoms with Crippen LogP contribution >= 0.6 is 23.2 Å². The van der Waals surface area contributed by atoms with Crippen molar-refractivity contribution in [3.8, 4) is 0 Å². The molecule has 0 aliphatic rings. The van der Waals surface area contributed by atoms with Gasteiger partial charge >= 0.3 is 5.97 Å². The second-order valence-corrected chi connectivity index (χ2v) is 7.49. The zero-order valence-corrected chi connectivity index (χ0v) is 18.4. The first-order chi connectivity index (χ1) is 14.2. The Balaban J connectivity index is 1.82. The maximum absolute atomic E-state index is 12.2. The van der Waals surface area contributed by atoms with Crippen molar-refractivity contribution in [2.24, 2.45) is 0 Å². The van der Waals surface area contributed by atoms with Gasteiger partial charge in [-0.2, -0.15) is 0 Å². The van der Waals surface area contributed by atoms with Gasteiger partial charge in [-0.15, -0.1) is 0 Å². The van der Waals surface area contributed by atoms with E-state index in [0.717, 1.165) is 16.8 Å². The van der Waals surface area contributed by atoms with Crippen LogP contribution in [0.4, 0.5) is 5.69 Å². The fraction of sp³-hybridized carbons (Fsp3) is 0.227. The molecule has 0 fully saturated rings. The number of amides is 2. The van der Waals surface area contributed by atoms with Crippen LogP contribution in [0.25, 0.3) is 6.08 Å². The van der Waals surface area contributed by atoms with Crippen LogP contribution in [0.5, 0.6) is 0 Å².